The summed E-state index contributed by atoms with van der Waals surface area (Å²) in [6, 6.07) is 0. The molecule has 6 nitrogen and oxygen atoms in total. The minimum absolute atomic E-state index is 0.0630. The van der Waals surface area contributed by atoms with Gasteiger partial charge in [0.2, 0.25) is 0 Å². The predicted octanol–water partition coefficient (Wildman–Crippen LogP) is 18.9. The molecule has 0 aromatic rings. The molecule has 0 aromatic carbocycles. The molecular weight excluding hydrogens is 793 g/mol. The van der Waals surface area contributed by atoms with E-state index in [1.54, 1.807) is 0 Å². The van der Waals surface area contributed by atoms with Gasteiger partial charge in [0, 0.05) is 19.3 Å². The lowest BCUT2D eigenvalue weighted by molar-refractivity contribution is -0.167. The van der Waals surface area contributed by atoms with Crippen LogP contribution >= 0.6 is 0 Å². The van der Waals surface area contributed by atoms with Crippen molar-refractivity contribution in [3.63, 3.8) is 0 Å². The van der Waals surface area contributed by atoms with Gasteiger partial charge < -0.3 is 14.2 Å². The van der Waals surface area contributed by atoms with E-state index in [1.165, 1.54) is 212 Å². The second-order valence-electron chi connectivity index (χ2n) is 20.9. The van der Waals surface area contributed by atoms with Gasteiger partial charge in [-0.2, -0.15) is 0 Å². The van der Waals surface area contributed by atoms with Crippen LogP contribution in [0.4, 0.5) is 0 Å². The summed E-state index contributed by atoms with van der Waals surface area (Å²) in [5.74, 6) is 0.825. The molecule has 0 saturated heterocycles. The lowest BCUT2D eigenvalue weighted by Gasteiger charge is -2.18. The van der Waals surface area contributed by atoms with Gasteiger partial charge in [0.15, 0.2) is 6.10 Å². The first-order chi connectivity index (χ1) is 31.2. The highest BCUT2D eigenvalue weighted by atomic mass is 16.6. The quantitative estimate of drug-likeness (QED) is 0.0344. The number of ether oxygens (including phenoxy) is 3. The van der Waals surface area contributed by atoms with Crippen LogP contribution in [0.25, 0.3) is 0 Å². The molecule has 0 heterocycles. The van der Waals surface area contributed by atoms with Crippen LogP contribution in [0.2, 0.25) is 0 Å². The zero-order chi connectivity index (χ0) is 46.8. The molecule has 64 heavy (non-hydrogen) atoms. The van der Waals surface area contributed by atoms with Gasteiger partial charge in [-0.15, -0.1) is 0 Å². The monoisotopic (exact) mass is 905 g/mol. The molecule has 0 N–H and O–H groups in total. The molecule has 0 rings (SSSR count). The zero-order valence-electron chi connectivity index (χ0n) is 43.9. The van der Waals surface area contributed by atoms with Crippen LogP contribution in [0.15, 0.2) is 0 Å². The van der Waals surface area contributed by atoms with E-state index >= 15 is 0 Å². The molecule has 1 atom stereocenters. The topological polar surface area (TPSA) is 78.9 Å². The van der Waals surface area contributed by atoms with Crippen molar-refractivity contribution in [3.8, 4) is 0 Å². The zero-order valence-corrected chi connectivity index (χ0v) is 43.9. The summed E-state index contributed by atoms with van der Waals surface area (Å²) in [6.45, 7) is 11.4. The average Bonchev–Trinajstić information content (AvgIpc) is 3.27. The fourth-order valence-electron chi connectivity index (χ4n) is 8.87. The average molecular weight is 906 g/mol. The standard InChI is InChI=1S/C58H112O6/c1-6-7-8-9-10-11-12-19-23-28-33-38-43-48-56(59)62-51-55(52-63-57(60)49-44-39-34-30-25-27-32-37-42-47-54(4)5)64-58(61)50-45-40-35-29-24-21-18-16-14-13-15-17-20-22-26-31-36-41-46-53(2)3/h53-55H,6-52H2,1-5H3/t55-/m1/s1. The van der Waals surface area contributed by atoms with Gasteiger partial charge >= 0.3 is 17.9 Å². The SMILES string of the molecule is CCCCCCCCCCCCCCCC(=O)OC[C@H](COC(=O)CCCCCCCCCCCC(C)C)OC(=O)CCCCCCCCCCCCCCCCCCCCC(C)C. The highest BCUT2D eigenvalue weighted by Gasteiger charge is 2.19. The maximum absolute atomic E-state index is 12.8. The summed E-state index contributed by atoms with van der Waals surface area (Å²) in [7, 11) is 0. The Hall–Kier alpha value is -1.59. The van der Waals surface area contributed by atoms with Crippen LogP contribution in [-0.4, -0.2) is 37.2 Å². The maximum Gasteiger partial charge on any atom is 0.306 e. The molecule has 0 aliphatic rings. The molecule has 0 saturated carbocycles. The van der Waals surface area contributed by atoms with Gasteiger partial charge in [-0.25, -0.2) is 0 Å². The van der Waals surface area contributed by atoms with Crippen molar-refractivity contribution in [3.05, 3.63) is 0 Å². The van der Waals surface area contributed by atoms with Crippen molar-refractivity contribution in [2.75, 3.05) is 13.2 Å². The normalized spacial score (nSPS) is 12.0. The van der Waals surface area contributed by atoms with Gasteiger partial charge in [0.05, 0.1) is 0 Å². The van der Waals surface area contributed by atoms with Crippen LogP contribution in [-0.2, 0) is 28.6 Å². The van der Waals surface area contributed by atoms with Gasteiger partial charge in [-0.3, -0.25) is 14.4 Å². The fraction of sp³-hybridized carbons (Fsp3) is 0.948. The second-order valence-corrected chi connectivity index (χ2v) is 20.9. The number of rotatable bonds is 52. The minimum atomic E-state index is -0.762. The molecule has 0 unspecified atom stereocenters. The second kappa shape index (κ2) is 50.8. The number of unbranched alkanes of at least 4 members (excludes halogenated alkanes) is 37. The van der Waals surface area contributed by atoms with E-state index in [1.807, 2.05) is 0 Å². The number of hydrogen-bond donors (Lipinski definition) is 0. The largest absolute Gasteiger partial charge is 0.462 e. The van der Waals surface area contributed by atoms with E-state index < -0.39 is 6.10 Å². The first kappa shape index (κ1) is 62.4. The van der Waals surface area contributed by atoms with E-state index in [4.69, 9.17) is 14.2 Å². The fourth-order valence-corrected chi connectivity index (χ4v) is 8.87. The van der Waals surface area contributed by atoms with Crippen LogP contribution in [0, 0.1) is 11.8 Å². The Balaban J connectivity index is 4.24. The Kier molecular flexibility index (Phi) is 49.6. The van der Waals surface area contributed by atoms with Crippen LogP contribution in [0.1, 0.15) is 324 Å². The molecule has 6 heteroatoms. The highest BCUT2D eigenvalue weighted by Crippen LogP contribution is 2.18. The van der Waals surface area contributed by atoms with Crippen LogP contribution in [0.5, 0.6) is 0 Å². The molecule has 0 aliphatic carbocycles. The lowest BCUT2D eigenvalue weighted by Crippen LogP contribution is -2.30. The molecule has 0 aromatic heterocycles. The van der Waals surface area contributed by atoms with Crippen molar-refractivity contribution < 1.29 is 28.6 Å². The number of hydrogen-bond acceptors (Lipinski definition) is 6. The maximum atomic E-state index is 12.8. The molecule has 0 spiro atoms. The molecule has 380 valence electrons. The predicted molar refractivity (Wildman–Crippen MR) is 275 cm³/mol. The third-order valence-electron chi connectivity index (χ3n) is 13.2. The van der Waals surface area contributed by atoms with Crippen molar-refractivity contribution in [2.24, 2.45) is 11.8 Å². The van der Waals surface area contributed by atoms with E-state index in [9.17, 15) is 14.4 Å². The van der Waals surface area contributed by atoms with Crippen molar-refractivity contribution in [2.45, 2.75) is 330 Å². The lowest BCUT2D eigenvalue weighted by atomic mass is 10.0. The summed E-state index contributed by atoms with van der Waals surface area (Å²) >= 11 is 0. The van der Waals surface area contributed by atoms with E-state index in [2.05, 4.69) is 34.6 Å². The number of esters is 3. The number of carbonyl (C=O) groups is 3. The summed E-state index contributed by atoms with van der Waals surface area (Å²) in [5.41, 5.74) is 0. The molecule has 0 fully saturated rings. The summed E-state index contributed by atoms with van der Waals surface area (Å²) in [4.78, 5) is 38.1. The van der Waals surface area contributed by atoms with Crippen molar-refractivity contribution in [1.29, 1.82) is 0 Å². The van der Waals surface area contributed by atoms with E-state index in [0.717, 1.165) is 69.6 Å². The Bertz CT molecular complexity index is 978. The Morgan fingerprint density at radius 1 is 0.297 bits per heavy atom. The minimum Gasteiger partial charge on any atom is -0.462 e. The molecular formula is C58H112O6. The van der Waals surface area contributed by atoms with E-state index in [-0.39, 0.29) is 31.1 Å². The third kappa shape index (κ3) is 51.4. The molecule has 0 radical (unpaired) electrons. The summed E-state index contributed by atoms with van der Waals surface area (Å²) in [5, 5.41) is 0. The smallest absolute Gasteiger partial charge is 0.306 e. The molecule has 0 aliphatic heterocycles. The molecule has 0 amide bonds. The number of carbonyl (C=O) groups excluding carboxylic acids is 3. The first-order valence-corrected chi connectivity index (χ1v) is 28.7. The Labute approximate surface area is 399 Å². The first-order valence-electron chi connectivity index (χ1n) is 28.7. The molecule has 0 bridgehead atoms. The van der Waals surface area contributed by atoms with Crippen LogP contribution < -0.4 is 0 Å². The van der Waals surface area contributed by atoms with Crippen molar-refractivity contribution in [1.82, 2.24) is 0 Å². The van der Waals surface area contributed by atoms with Crippen molar-refractivity contribution >= 4 is 17.9 Å². The van der Waals surface area contributed by atoms with Gasteiger partial charge in [-0.05, 0) is 31.1 Å². The van der Waals surface area contributed by atoms with E-state index in [0.29, 0.717) is 19.3 Å². The van der Waals surface area contributed by atoms with Crippen LogP contribution in [0.3, 0.4) is 0 Å². The third-order valence-corrected chi connectivity index (χ3v) is 13.2. The summed E-state index contributed by atoms with van der Waals surface area (Å²) in [6.07, 6.45) is 53.8. The summed E-state index contributed by atoms with van der Waals surface area (Å²) < 4.78 is 16.9. The Morgan fingerprint density at radius 2 is 0.516 bits per heavy atom. The van der Waals surface area contributed by atoms with Gasteiger partial charge in [-0.1, -0.05) is 285 Å². The highest BCUT2D eigenvalue weighted by molar-refractivity contribution is 5.71. The Morgan fingerprint density at radius 3 is 0.766 bits per heavy atom. The van der Waals surface area contributed by atoms with Gasteiger partial charge in [0.1, 0.15) is 13.2 Å². The van der Waals surface area contributed by atoms with Gasteiger partial charge in [0.25, 0.3) is 0 Å².